The van der Waals surface area contributed by atoms with Gasteiger partial charge in [-0.25, -0.2) is 4.98 Å². The Bertz CT molecular complexity index is 751. The summed E-state index contributed by atoms with van der Waals surface area (Å²) in [5, 5.41) is 17.9. The first-order valence-electron chi connectivity index (χ1n) is 5.82. The average molecular weight is 311 g/mol. The van der Waals surface area contributed by atoms with Gasteiger partial charge in [-0.05, 0) is 24.3 Å². The van der Waals surface area contributed by atoms with Crippen LogP contribution in [0, 0.1) is 0 Å². The predicted molar refractivity (Wildman–Crippen MR) is 73.5 cm³/mol. The number of aromatic nitrogens is 2. The van der Waals surface area contributed by atoms with E-state index in [4.69, 9.17) is 5.11 Å². The maximum Gasteiger partial charge on any atom is 0.324 e. The SMILES string of the molecule is Cn1cnc(S(=O)(=O)N(CC(=O)O)c2ccc(O)cc2)c1. The number of sulfonamides is 1. The van der Waals surface area contributed by atoms with Gasteiger partial charge in [0.05, 0.1) is 12.0 Å². The molecule has 2 aromatic rings. The summed E-state index contributed by atoms with van der Waals surface area (Å²) < 4.78 is 27.1. The summed E-state index contributed by atoms with van der Waals surface area (Å²) in [6.45, 7) is -0.746. The maximum atomic E-state index is 12.5. The van der Waals surface area contributed by atoms with E-state index in [1.165, 1.54) is 41.4 Å². The van der Waals surface area contributed by atoms with Crippen molar-refractivity contribution in [2.45, 2.75) is 5.03 Å². The Morgan fingerprint density at radius 2 is 1.95 bits per heavy atom. The van der Waals surface area contributed by atoms with Gasteiger partial charge < -0.3 is 14.8 Å². The van der Waals surface area contributed by atoms with E-state index in [0.717, 1.165) is 4.31 Å². The highest BCUT2D eigenvalue weighted by atomic mass is 32.2. The number of nitrogens with zero attached hydrogens (tertiary/aromatic N) is 3. The lowest BCUT2D eigenvalue weighted by Gasteiger charge is -2.21. The van der Waals surface area contributed by atoms with E-state index in [0.29, 0.717) is 0 Å². The molecular weight excluding hydrogens is 298 g/mol. The van der Waals surface area contributed by atoms with Gasteiger partial charge in [0, 0.05) is 13.2 Å². The first-order chi connectivity index (χ1) is 9.80. The van der Waals surface area contributed by atoms with E-state index in [1.54, 1.807) is 7.05 Å². The van der Waals surface area contributed by atoms with Crippen molar-refractivity contribution in [3.63, 3.8) is 0 Å². The molecule has 0 amide bonds. The number of aliphatic carboxylic acids is 1. The summed E-state index contributed by atoms with van der Waals surface area (Å²) in [6, 6.07) is 5.19. The van der Waals surface area contributed by atoms with Gasteiger partial charge in [0.15, 0.2) is 5.03 Å². The van der Waals surface area contributed by atoms with Crippen molar-refractivity contribution in [2.24, 2.45) is 7.05 Å². The molecule has 0 saturated heterocycles. The molecule has 0 aliphatic carbocycles. The Morgan fingerprint density at radius 3 is 2.43 bits per heavy atom. The Balaban J connectivity index is 2.49. The fraction of sp³-hybridized carbons (Fsp3) is 0.167. The first kappa shape index (κ1) is 14.9. The van der Waals surface area contributed by atoms with Crippen molar-refractivity contribution in [3.8, 4) is 5.75 Å². The van der Waals surface area contributed by atoms with E-state index >= 15 is 0 Å². The van der Waals surface area contributed by atoms with Crippen molar-refractivity contribution in [2.75, 3.05) is 10.8 Å². The predicted octanol–water partition coefficient (Wildman–Crippen LogP) is 0.406. The topological polar surface area (TPSA) is 113 Å². The van der Waals surface area contributed by atoms with Gasteiger partial charge >= 0.3 is 5.97 Å². The lowest BCUT2D eigenvalue weighted by molar-refractivity contribution is -0.135. The molecule has 9 heteroatoms. The second kappa shape index (κ2) is 5.44. The van der Waals surface area contributed by atoms with Gasteiger partial charge in [0.1, 0.15) is 12.3 Å². The van der Waals surface area contributed by atoms with Gasteiger partial charge in [-0.2, -0.15) is 8.42 Å². The number of phenols is 1. The van der Waals surface area contributed by atoms with Crippen LogP contribution in [0.5, 0.6) is 5.75 Å². The smallest absolute Gasteiger partial charge is 0.324 e. The summed E-state index contributed by atoms with van der Waals surface area (Å²) in [5.41, 5.74) is 0.126. The van der Waals surface area contributed by atoms with Gasteiger partial charge in [-0.3, -0.25) is 9.10 Å². The zero-order valence-corrected chi connectivity index (χ0v) is 11.9. The third kappa shape index (κ3) is 3.14. The molecule has 0 bridgehead atoms. The fourth-order valence-electron chi connectivity index (χ4n) is 1.69. The number of hydrogen-bond acceptors (Lipinski definition) is 5. The highest BCUT2D eigenvalue weighted by Crippen LogP contribution is 2.24. The van der Waals surface area contributed by atoms with E-state index < -0.39 is 22.5 Å². The molecule has 0 aliphatic rings. The number of imidazole rings is 1. The Hall–Kier alpha value is -2.55. The number of rotatable bonds is 5. The number of aryl methyl sites for hydroxylation is 1. The number of aromatic hydroxyl groups is 1. The summed E-state index contributed by atoms with van der Waals surface area (Å²) >= 11 is 0. The van der Waals surface area contributed by atoms with Crippen LogP contribution in [0.15, 0.2) is 41.8 Å². The first-order valence-corrected chi connectivity index (χ1v) is 7.26. The number of carbonyl (C=O) groups is 1. The second-order valence-corrected chi connectivity index (χ2v) is 6.11. The largest absolute Gasteiger partial charge is 0.508 e. The molecule has 2 rings (SSSR count). The molecule has 0 atom stereocenters. The number of carboxylic acid groups (broad SMARTS) is 1. The number of carboxylic acids is 1. The Kier molecular flexibility index (Phi) is 3.85. The Morgan fingerprint density at radius 1 is 1.33 bits per heavy atom. The van der Waals surface area contributed by atoms with Crippen molar-refractivity contribution < 1.29 is 23.4 Å². The van der Waals surface area contributed by atoms with E-state index in [-0.39, 0.29) is 16.5 Å². The van der Waals surface area contributed by atoms with Crippen LogP contribution in [0.4, 0.5) is 5.69 Å². The van der Waals surface area contributed by atoms with Crippen LogP contribution in [0.3, 0.4) is 0 Å². The minimum Gasteiger partial charge on any atom is -0.508 e. The molecule has 8 nitrogen and oxygen atoms in total. The van der Waals surface area contributed by atoms with Crippen LogP contribution < -0.4 is 4.31 Å². The molecule has 0 aliphatic heterocycles. The summed E-state index contributed by atoms with van der Waals surface area (Å²) in [4.78, 5) is 14.7. The van der Waals surface area contributed by atoms with Crippen molar-refractivity contribution in [1.29, 1.82) is 0 Å². The molecule has 1 aromatic carbocycles. The molecule has 0 fully saturated rings. The highest BCUT2D eigenvalue weighted by Gasteiger charge is 2.29. The molecule has 1 heterocycles. The molecule has 112 valence electrons. The number of phenolic OH excluding ortho intramolecular Hbond substituents is 1. The van der Waals surface area contributed by atoms with Gasteiger partial charge in [0.25, 0.3) is 10.0 Å². The second-order valence-electron chi connectivity index (χ2n) is 4.30. The van der Waals surface area contributed by atoms with Crippen LogP contribution in [0.1, 0.15) is 0 Å². The van der Waals surface area contributed by atoms with Gasteiger partial charge in [-0.1, -0.05) is 0 Å². The van der Waals surface area contributed by atoms with E-state index in [9.17, 15) is 18.3 Å². The standard InChI is InChI=1S/C12H13N3O5S/c1-14-6-11(13-8-14)21(19,20)15(7-12(17)18)9-2-4-10(16)5-3-9/h2-6,8,16H,7H2,1H3,(H,17,18). The number of anilines is 1. The number of hydrogen-bond donors (Lipinski definition) is 2. The van der Waals surface area contributed by atoms with E-state index in [2.05, 4.69) is 4.98 Å². The summed E-state index contributed by atoms with van der Waals surface area (Å²) in [6.07, 6.45) is 2.59. The lowest BCUT2D eigenvalue weighted by Crippen LogP contribution is -2.35. The zero-order valence-electron chi connectivity index (χ0n) is 11.0. The quantitative estimate of drug-likeness (QED) is 0.826. The Labute approximate surface area is 120 Å². The molecule has 0 unspecified atom stereocenters. The van der Waals surface area contributed by atoms with Crippen LogP contribution in [-0.4, -0.2) is 40.7 Å². The van der Waals surface area contributed by atoms with Gasteiger partial charge in [0.2, 0.25) is 0 Å². The minimum absolute atomic E-state index is 0.0516. The fourth-order valence-corrected chi connectivity index (χ4v) is 3.08. The molecular formula is C12H13N3O5S. The molecule has 1 aromatic heterocycles. The van der Waals surface area contributed by atoms with Crippen LogP contribution in [0.2, 0.25) is 0 Å². The van der Waals surface area contributed by atoms with E-state index in [1.807, 2.05) is 0 Å². The monoisotopic (exact) mass is 311 g/mol. The zero-order chi connectivity index (χ0) is 15.6. The molecule has 21 heavy (non-hydrogen) atoms. The maximum absolute atomic E-state index is 12.5. The van der Waals surface area contributed by atoms with Crippen LogP contribution in [0.25, 0.3) is 0 Å². The van der Waals surface area contributed by atoms with Crippen molar-refractivity contribution >= 4 is 21.7 Å². The molecule has 0 spiro atoms. The van der Waals surface area contributed by atoms with Gasteiger partial charge in [-0.15, -0.1) is 0 Å². The van der Waals surface area contributed by atoms with Crippen molar-refractivity contribution in [1.82, 2.24) is 9.55 Å². The molecule has 0 saturated carbocycles. The average Bonchev–Trinajstić information content (AvgIpc) is 2.84. The third-order valence-electron chi connectivity index (χ3n) is 2.65. The molecule has 0 radical (unpaired) electrons. The van der Waals surface area contributed by atoms with Crippen LogP contribution in [-0.2, 0) is 21.9 Å². The van der Waals surface area contributed by atoms with Crippen molar-refractivity contribution in [3.05, 3.63) is 36.8 Å². The summed E-state index contributed by atoms with van der Waals surface area (Å²) in [7, 11) is -2.50. The minimum atomic E-state index is -4.10. The highest BCUT2D eigenvalue weighted by molar-refractivity contribution is 7.92. The lowest BCUT2D eigenvalue weighted by atomic mass is 10.3. The van der Waals surface area contributed by atoms with Crippen LogP contribution >= 0.6 is 0 Å². The third-order valence-corrected chi connectivity index (χ3v) is 4.31. The summed E-state index contributed by atoms with van der Waals surface area (Å²) in [5.74, 6) is -1.35. The normalized spacial score (nSPS) is 11.3. The number of benzene rings is 1. The molecule has 2 N–H and O–H groups in total.